The van der Waals surface area contributed by atoms with Gasteiger partial charge >= 0.3 is 0 Å². The van der Waals surface area contributed by atoms with Crippen molar-refractivity contribution in [2.24, 2.45) is 0 Å². The van der Waals surface area contributed by atoms with Crippen LogP contribution >= 0.6 is 34.5 Å². The summed E-state index contributed by atoms with van der Waals surface area (Å²) in [4.78, 5) is 29.0. The highest BCUT2D eigenvalue weighted by molar-refractivity contribution is 7.12. The third kappa shape index (κ3) is 3.68. The lowest BCUT2D eigenvalue weighted by atomic mass is 10.2. The highest BCUT2D eigenvalue weighted by Crippen LogP contribution is 2.21. The standard InChI is InChI=1S/C16H14Cl2N2O2S/c17-12-8-11(9-13(18)10-12)15(21)19-3-5-20(6-4-19)16(22)14-2-1-7-23-14/h1-2,7-10H,3-6H2. The van der Waals surface area contributed by atoms with Crippen molar-refractivity contribution in [2.45, 2.75) is 0 Å². The Morgan fingerprint density at radius 1 is 0.913 bits per heavy atom. The van der Waals surface area contributed by atoms with Crippen LogP contribution in [0.15, 0.2) is 35.7 Å². The molecule has 1 aromatic carbocycles. The Kier molecular flexibility index (Phi) is 4.90. The zero-order chi connectivity index (χ0) is 16.4. The Bertz CT molecular complexity index is 705. The molecule has 0 unspecified atom stereocenters. The van der Waals surface area contributed by atoms with Crippen molar-refractivity contribution in [1.82, 2.24) is 9.80 Å². The maximum absolute atomic E-state index is 12.5. The number of piperazine rings is 1. The number of amides is 2. The van der Waals surface area contributed by atoms with Crippen LogP contribution in [-0.4, -0.2) is 47.8 Å². The molecule has 2 aromatic rings. The fourth-order valence-electron chi connectivity index (χ4n) is 2.53. The van der Waals surface area contributed by atoms with Gasteiger partial charge in [0.2, 0.25) is 0 Å². The van der Waals surface area contributed by atoms with Gasteiger partial charge in [0.25, 0.3) is 11.8 Å². The van der Waals surface area contributed by atoms with E-state index in [9.17, 15) is 9.59 Å². The van der Waals surface area contributed by atoms with E-state index in [1.807, 2.05) is 17.5 Å². The molecular weight excluding hydrogens is 355 g/mol. The lowest BCUT2D eigenvalue weighted by Gasteiger charge is -2.34. The van der Waals surface area contributed by atoms with Crippen molar-refractivity contribution < 1.29 is 9.59 Å². The first-order chi connectivity index (χ1) is 11.0. The average Bonchev–Trinajstić information content (AvgIpc) is 3.07. The van der Waals surface area contributed by atoms with Crippen molar-refractivity contribution in [2.75, 3.05) is 26.2 Å². The number of nitrogens with zero attached hydrogens (tertiary/aromatic N) is 2. The Morgan fingerprint density at radius 3 is 2.00 bits per heavy atom. The number of thiophene rings is 1. The van der Waals surface area contributed by atoms with Gasteiger partial charge < -0.3 is 9.80 Å². The second kappa shape index (κ2) is 6.91. The second-order valence-electron chi connectivity index (χ2n) is 5.22. The first-order valence-corrected chi connectivity index (χ1v) is 8.76. The van der Waals surface area contributed by atoms with Gasteiger partial charge in [-0.05, 0) is 29.6 Å². The van der Waals surface area contributed by atoms with E-state index in [4.69, 9.17) is 23.2 Å². The number of benzene rings is 1. The average molecular weight is 369 g/mol. The molecule has 0 atom stereocenters. The minimum atomic E-state index is -0.113. The molecule has 2 amide bonds. The molecule has 120 valence electrons. The molecule has 1 aromatic heterocycles. The topological polar surface area (TPSA) is 40.6 Å². The van der Waals surface area contributed by atoms with Gasteiger partial charge in [-0.3, -0.25) is 9.59 Å². The normalized spacial score (nSPS) is 14.9. The lowest BCUT2D eigenvalue weighted by molar-refractivity contribution is 0.0538. The minimum absolute atomic E-state index is 0.0258. The number of carbonyl (C=O) groups is 2. The molecule has 1 saturated heterocycles. The fourth-order valence-corrected chi connectivity index (χ4v) is 3.75. The van der Waals surface area contributed by atoms with Crippen molar-refractivity contribution in [3.8, 4) is 0 Å². The Balaban J connectivity index is 1.64. The Hall–Kier alpha value is -1.56. The number of carbonyl (C=O) groups excluding carboxylic acids is 2. The first-order valence-electron chi connectivity index (χ1n) is 7.13. The van der Waals surface area contributed by atoms with Gasteiger partial charge in [-0.1, -0.05) is 29.3 Å². The molecule has 0 spiro atoms. The molecule has 2 heterocycles. The summed E-state index contributed by atoms with van der Waals surface area (Å²) in [7, 11) is 0. The largest absolute Gasteiger partial charge is 0.335 e. The van der Waals surface area contributed by atoms with E-state index in [1.54, 1.807) is 28.0 Å². The molecule has 4 nitrogen and oxygen atoms in total. The van der Waals surface area contributed by atoms with Gasteiger partial charge in [-0.25, -0.2) is 0 Å². The summed E-state index contributed by atoms with van der Waals surface area (Å²) in [6, 6.07) is 8.49. The highest BCUT2D eigenvalue weighted by atomic mass is 35.5. The number of halogens is 2. The molecule has 3 rings (SSSR count). The molecule has 23 heavy (non-hydrogen) atoms. The summed E-state index contributed by atoms with van der Waals surface area (Å²) in [5.74, 6) is -0.0875. The summed E-state index contributed by atoms with van der Waals surface area (Å²) in [6.07, 6.45) is 0. The predicted molar refractivity (Wildman–Crippen MR) is 92.6 cm³/mol. The third-order valence-electron chi connectivity index (χ3n) is 3.70. The van der Waals surface area contributed by atoms with Gasteiger partial charge in [0.15, 0.2) is 0 Å². The van der Waals surface area contributed by atoms with E-state index in [-0.39, 0.29) is 11.8 Å². The van der Waals surface area contributed by atoms with Gasteiger partial charge in [-0.2, -0.15) is 0 Å². The zero-order valence-corrected chi connectivity index (χ0v) is 14.5. The van der Waals surface area contributed by atoms with E-state index in [0.717, 1.165) is 4.88 Å². The minimum Gasteiger partial charge on any atom is -0.335 e. The first kappa shape index (κ1) is 16.3. The van der Waals surface area contributed by atoms with Crippen LogP contribution in [0.5, 0.6) is 0 Å². The van der Waals surface area contributed by atoms with E-state index in [2.05, 4.69) is 0 Å². The summed E-state index contributed by atoms with van der Waals surface area (Å²) < 4.78 is 0. The summed E-state index contributed by atoms with van der Waals surface area (Å²) in [5, 5.41) is 2.76. The molecule has 0 aliphatic carbocycles. The SMILES string of the molecule is O=C(c1cc(Cl)cc(Cl)c1)N1CCN(C(=O)c2cccs2)CC1. The molecule has 0 saturated carbocycles. The Labute approximate surface area is 148 Å². The lowest BCUT2D eigenvalue weighted by Crippen LogP contribution is -2.50. The van der Waals surface area contributed by atoms with Crippen LogP contribution in [0.3, 0.4) is 0 Å². The Morgan fingerprint density at radius 2 is 1.48 bits per heavy atom. The molecular formula is C16H14Cl2N2O2S. The van der Waals surface area contributed by atoms with Gasteiger partial charge in [0, 0.05) is 41.8 Å². The summed E-state index contributed by atoms with van der Waals surface area (Å²) >= 11 is 13.3. The van der Waals surface area contributed by atoms with Crippen LogP contribution in [-0.2, 0) is 0 Å². The van der Waals surface area contributed by atoms with Crippen LogP contribution in [0.1, 0.15) is 20.0 Å². The van der Waals surface area contributed by atoms with Crippen molar-refractivity contribution in [3.63, 3.8) is 0 Å². The fraction of sp³-hybridized carbons (Fsp3) is 0.250. The quantitative estimate of drug-likeness (QED) is 0.811. The predicted octanol–water partition coefficient (Wildman–Crippen LogP) is 3.65. The van der Waals surface area contributed by atoms with Gasteiger partial charge in [0.05, 0.1) is 4.88 Å². The van der Waals surface area contributed by atoms with Crippen LogP contribution < -0.4 is 0 Å². The monoisotopic (exact) mass is 368 g/mol. The van der Waals surface area contributed by atoms with Crippen LogP contribution in [0.25, 0.3) is 0 Å². The van der Waals surface area contributed by atoms with Crippen molar-refractivity contribution >= 4 is 46.4 Å². The van der Waals surface area contributed by atoms with Gasteiger partial charge in [0.1, 0.15) is 0 Å². The van der Waals surface area contributed by atoms with Gasteiger partial charge in [-0.15, -0.1) is 11.3 Å². The van der Waals surface area contributed by atoms with Crippen LogP contribution in [0, 0.1) is 0 Å². The number of hydrogen-bond donors (Lipinski definition) is 0. The molecule has 0 radical (unpaired) electrons. The highest BCUT2D eigenvalue weighted by Gasteiger charge is 2.26. The molecule has 1 aliphatic heterocycles. The molecule has 7 heteroatoms. The maximum atomic E-state index is 12.5. The van der Waals surface area contributed by atoms with E-state index in [0.29, 0.717) is 41.8 Å². The number of hydrogen-bond acceptors (Lipinski definition) is 3. The van der Waals surface area contributed by atoms with Crippen LogP contribution in [0.4, 0.5) is 0 Å². The smallest absolute Gasteiger partial charge is 0.264 e. The van der Waals surface area contributed by atoms with Crippen molar-refractivity contribution in [1.29, 1.82) is 0 Å². The molecule has 1 aliphatic rings. The van der Waals surface area contributed by atoms with Crippen LogP contribution in [0.2, 0.25) is 10.0 Å². The molecule has 1 fully saturated rings. The van der Waals surface area contributed by atoms with E-state index < -0.39 is 0 Å². The second-order valence-corrected chi connectivity index (χ2v) is 7.04. The molecule has 0 N–H and O–H groups in total. The molecule has 0 bridgehead atoms. The number of rotatable bonds is 2. The van der Waals surface area contributed by atoms with Crippen molar-refractivity contribution in [3.05, 3.63) is 56.2 Å². The van der Waals surface area contributed by atoms with E-state index >= 15 is 0 Å². The zero-order valence-electron chi connectivity index (χ0n) is 12.2. The summed E-state index contributed by atoms with van der Waals surface area (Å²) in [6.45, 7) is 2.05. The van der Waals surface area contributed by atoms with E-state index in [1.165, 1.54) is 11.3 Å². The maximum Gasteiger partial charge on any atom is 0.264 e. The summed E-state index contributed by atoms with van der Waals surface area (Å²) in [5.41, 5.74) is 0.473. The third-order valence-corrected chi connectivity index (χ3v) is 4.99.